The van der Waals surface area contributed by atoms with Crippen molar-refractivity contribution in [1.82, 2.24) is 15.5 Å². The Hall–Kier alpha value is -0.610. The van der Waals surface area contributed by atoms with Crippen molar-refractivity contribution in [2.24, 2.45) is 0 Å². The number of hydrogen-bond acceptors (Lipinski definition) is 3. The van der Waals surface area contributed by atoms with Crippen LogP contribution in [0, 0.1) is 0 Å². The van der Waals surface area contributed by atoms with Gasteiger partial charge in [0.2, 0.25) is 5.91 Å². The lowest BCUT2D eigenvalue weighted by molar-refractivity contribution is -0.124. The molecule has 2 atom stereocenters. The van der Waals surface area contributed by atoms with E-state index in [1.54, 1.807) is 0 Å². The van der Waals surface area contributed by atoms with E-state index in [-0.39, 0.29) is 17.5 Å². The third kappa shape index (κ3) is 6.39. The van der Waals surface area contributed by atoms with E-state index < -0.39 is 0 Å². The standard InChI is InChI=1S/C15H31N3O/c1-12(14(19)17-15(2,3)4)16-10-9-13-8-6-7-11-18(13)5/h12-13,16H,6-11H2,1-5H3,(H,17,19). The third-order valence-corrected chi connectivity index (χ3v) is 3.74. The molecule has 0 saturated carbocycles. The zero-order valence-corrected chi connectivity index (χ0v) is 13.3. The first-order chi connectivity index (χ1) is 8.79. The SMILES string of the molecule is CC(NCCC1CCCCN1C)C(=O)NC(C)(C)C. The van der Waals surface area contributed by atoms with Crippen molar-refractivity contribution in [3.8, 4) is 0 Å². The van der Waals surface area contributed by atoms with Crippen LogP contribution in [0.4, 0.5) is 0 Å². The van der Waals surface area contributed by atoms with E-state index in [0.29, 0.717) is 6.04 Å². The van der Waals surface area contributed by atoms with Crippen LogP contribution in [-0.2, 0) is 4.79 Å². The van der Waals surface area contributed by atoms with Crippen LogP contribution in [0.1, 0.15) is 53.4 Å². The summed E-state index contributed by atoms with van der Waals surface area (Å²) in [4.78, 5) is 14.4. The maximum Gasteiger partial charge on any atom is 0.237 e. The summed E-state index contributed by atoms with van der Waals surface area (Å²) < 4.78 is 0. The van der Waals surface area contributed by atoms with Crippen LogP contribution in [0.2, 0.25) is 0 Å². The molecular formula is C15H31N3O. The molecule has 1 amide bonds. The minimum atomic E-state index is -0.156. The Morgan fingerprint density at radius 1 is 1.37 bits per heavy atom. The summed E-state index contributed by atoms with van der Waals surface area (Å²) >= 11 is 0. The third-order valence-electron chi connectivity index (χ3n) is 3.74. The molecule has 1 saturated heterocycles. The molecule has 0 radical (unpaired) electrons. The molecule has 0 aromatic rings. The topological polar surface area (TPSA) is 44.4 Å². The summed E-state index contributed by atoms with van der Waals surface area (Å²) in [7, 11) is 2.21. The molecule has 4 nitrogen and oxygen atoms in total. The molecule has 4 heteroatoms. The van der Waals surface area contributed by atoms with Gasteiger partial charge in [-0.05, 0) is 67.1 Å². The predicted molar refractivity (Wildman–Crippen MR) is 80.2 cm³/mol. The van der Waals surface area contributed by atoms with Crippen molar-refractivity contribution in [2.75, 3.05) is 20.1 Å². The number of carbonyl (C=O) groups is 1. The minimum absolute atomic E-state index is 0.0875. The molecule has 2 unspecified atom stereocenters. The number of likely N-dealkylation sites (tertiary alicyclic amines) is 1. The lowest BCUT2D eigenvalue weighted by Crippen LogP contribution is -2.50. The molecule has 0 spiro atoms. The van der Waals surface area contributed by atoms with Gasteiger partial charge in [0, 0.05) is 11.6 Å². The number of rotatable bonds is 5. The van der Waals surface area contributed by atoms with E-state index in [0.717, 1.165) is 13.0 Å². The molecule has 0 bridgehead atoms. The highest BCUT2D eigenvalue weighted by atomic mass is 16.2. The Bertz CT molecular complexity index is 286. The summed E-state index contributed by atoms with van der Waals surface area (Å²) in [6, 6.07) is 0.562. The lowest BCUT2D eigenvalue weighted by atomic mass is 10.00. The summed E-state index contributed by atoms with van der Waals surface area (Å²) in [5, 5.41) is 6.34. The molecule has 0 aromatic heterocycles. The van der Waals surface area contributed by atoms with Gasteiger partial charge in [-0.15, -0.1) is 0 Å². The van der Waals surface area contributed by atoms with E-state index in [1.807, 2.05) is 27.7 Å². The van der Waals surface area contributed by atoms with Crippen molar-refractivity contribution in [3.05, 3.63) is 0 Å². The Kier molecular flexibility index (Phi) is 6.27. The summed E-state index contributed by atoms with van der Waals surface area (Å²) in [6.45, 7) is 10.1. The fourth-order valence-corrected chi connectivity index (χ4v) is 2.55. The van der Waals surface area contributed by atoms with Crippen LogP contribution in [0.3, 0.4) is 0 Å². The van der Waals surface area contributed by atoms with Gasteiger partial charge in [-0.1, -0.05) is 6.42 Å². The Morgan fingerprint density at radius 2 is 2.05 bits per heavy atom. The fourth-order valence-electron chi connectivity index (χ4n) is 2.55. The van der Waals surface area contributed by atoms with E-state index in [2.05, 4.69) is 22.6 Å². The zero-order chi connectivity index (χ0) is 14.5. The minimum Gasteiger partial charge on any atom is -0.350 e. The maximum absolute atomic E-state index is 11.9. The van der Waals surface area contributed by atoms with Gasteiger partial charge >= 0.3 is 0 Å². The first-order valence-corrected chi connectivity index (χ1v) is 7.55. The van der Waals surface area contributed by atoms with E-state index in [4.69, 9.17) is 0 Å². The second-order valence-electron chi connectivity index (χ2n) is 6.83. The highest BCUT2D eigenvalue weighted by Crippen LogP contribution is 2.17. The van der Waals surface area contributed by atoms with Crippen LogP contribution in [-0.4, -0.2) is 48.6 Å². The van der Waals surface area contributed by atoms with Gasteiger partial charge < -0.3 is 15.5 Å². The van der Waals surface area contributed by atoms with Gasteiger partial charge in [-0.2, -0.15) is 0 Å². The largest absolute Gasteiger partial charge is 0.350 e. The molecule has 1 aliphatic rings. The molecule has 1 heterocycles. The zero-order valence-electron chi connectivity index (χ0n) is 13.3. The fraction of sp³-hybridized carbons (Fsp3) is 0.933. The first-order valence-electron chi connectivity index (χ1n) is 7.55. The lowest BCUT2D eigenvalue weighted by Gasteiger charge is -2.33. The van der Waals surface area contributed by atoms with E-state index >= 15 is 0 Å². The molecule has 1 fully saturated rings. The van der Waals surface area contributed by atoms with Crippen molar-refractivity contribution < 1.29 is 4.79 Å². The van der Waals surface area contributed by atoms with Crippen LogP contribution in [0.15, 0.2) is 0 Å². The highest BCUT2D eigenvalue weighted by molar-refractivity contribution is 5.81. The molecule has 0 aliphatic carbocycles. The van der Waals surface area contributed by atoms with Gasteiger partial charge in [0.15, 0.2) is 0 Å². The van der Waals surface area contributed by atoms with E-state index in [9.17, 15) is 4.79 Å². The number of nitrogens with one attached hydrogen (secondary N) is 2. The van der Waals surface area contributed by atoms with E-state index in [1.165, 1.54) is 25.8 Å². The quantitative estimate of drug-likeness (QED) is 0.799. The summed E-state index contributed by atoms with van der Waals surface area (Å²) in [5.41, 5.74) is -0.156. The smallest absolute Gasteiger partial charge is 0.237 e. The number of hydrogen-bond donors (Lipinski definition) is 2. The number of carbonyl (C=O) groups excluding carboxylic acids is 1. The van der Waals surface area contributed by atoms with Crippen molar-refractivity contribution >= 4 is 5.91 Å². The highest BCUT2D eigenvalue weighted by Gasteiger charge is 2.21. The normalized spacial score (nSPS) is 23.1. The molecular weight excluding hydrogens is 238 g/mol. The molecule has 112 valence electrons. The summed E-state index contributed by atoms with van der Waals surface area (Å²) in [6.07, 6.45) is 5.09. The molecule has 2 N–H and O–H groups in total. The van der Waals surface area contributed by atoms with Gasteiger partial charge in [-0.25, -0.2) is 0 Å². The van der Waals surface area contributed by atoms with Crippen molar-refractivity contribution in [2.45, 2.75) is 71.0 Å². The van der Waals surface area contributed by atoms with Gasteiger partial charge in [0.05, 0.1) is 6.04 Å². The van der Waals surface area contributed by atoms with Gasteiger partial charge in [0.25, 0.3) is 0 Å². The number of amides is 1. The van der Waals surface area contributed by atoms with Crippen LogP contribution < -0.4 is 10.6 Å². The second-order valence-corrected chi connectivity index (χ2v) is 6.83. The Balaban J connectivity index is 2.22. The monoisotopic (exact) mass is 269 g/mol. The molecule has 1 aliphatic heterocycles. The summed E-state index contributed by atoms with van der Waals surface area (Å²) in [5.74, 6) is 0.0875. The molecule has 1 rings (SSSR count). The van der Waals surface area contributed by atoms with Crippen molar-refractivity contribution in [3.63, 3.8) is 0 Å². The van der Waals surface area contributed by atoms with Crippen LogP contribution >= 0.6 is 0 Å². The Morgan fingerprint density at radius 3 is 2.63 bits per heavy atom. The number of piperidine rings is 1. The first kappa shape index (κ1) is 16.4. The average molecular weight is 269 g/mol. The van der Waals surface area contributed by atoms with Gasteiger partial charge in [0.1, 0.15) is 0 Å². The van der Waals surface area contributed by atoms with Crippen molar-refractivity contribution in [1.29, 1.82) is 0 Å². The maximum atomic E-state index is 11.9. The van der Waals surface area contributed by atoms with Gasteiger partial charge in [-0.3, -0.25) is 4.79 Å². The predicted octanol–water partition coefficient (Wildman–Crippen LogP) is 1.75. The average Bonchev–Trinajstić information content (AvgIpc) is 2.29. The molecule has 19 heavy (non-hydrogen) atoms. The molecule has 0 aromatic carbocycles. The van der Waals surface area contributed by atoms with Crippen LogP contribution in [0.5, 0.6) is 0 Å². The number of nitrogens with zero attached hydrogens (tertiary/aromatic N) is 1. The van der Waals surface area contributed by atoms with Crippen LogP contribution in [0.25, 0.3) is 0 Å². The second kappa shape index (κ2) is 7.25. The Labute approximate surface area is 118 Å².